The van der Waals surface area contributed by atoms with Crippen LogP contribution < -0.4 is 24.8 Å². The van der Waals surface area contributed by atoms with Gasteiger partial charge in [-0.1, -0.05) is 0 Å². The minimum atomic E-state index is -2.76. The minimum absolute atomic E-state index is 0. The van der Waals surface area contributed by atoms with E-state index in [1.54, 1.807) is 22.3 Å². The summed E-state index contributed by atoms with van der Waals surface area (Å²) in [5.41, 5.74) is 19.4. The summed E-state index contributed by atoms with van der Waals surface area (Å²) in [6.07, 6.45) is 27.7. The maximum Gasteiger partial charge on any atom is -1.00 e. The Balaban J connectivity index is 0.00000214. The quantitative estimate of drug-likeness (QED) is 0.140. The predicted octanol–water partition coefficient (Wildman–Crippen LogP) is 9.21. The molecule has 55 heavy (non-hydrogen) atoms. The molecule has 0 nitrogen and oxygen atoms in total. The van der Waals surface area contributed by atoms with Gasteiger partial charge in [-0.25, -0.2) is 0 Å². The molecule has 0 N–H and O–H groups in total. The van der Waals surface area contributed by atoms with Gasteiger partial charge < -0.3 is 24.8 Å². The zero-order chi connectivity index (χ0) is 35.5. The van der Waals surface area contributed by atoms with E-state index in [4.69, 9.17) is 0 Å². The summed E-state index contributed by atoms with van der Waals surface area (Å²) in [5, 5.41) is 0. The number of benzene rings is 4. The summed E-state index contributed by atoms with van der Waals surface area (Å²) in [6, 6.07) is 34.5. The molecule has 0 bridgehead atoms. The fourth-order valence-electron chi connectivity index (χ4n) is 13.2. The number of allylic oxidation sites excluding steroid dienone is 2. The van der Waals surface area contributed by atoms with Crippen LogP contribution in [0.5, 0.6) is 0 Å². The number of halogens is 2. The van der Waals surface area contributed by atoms with Crippen molar-refractivity contribution in [3.05, 3.63) is 129 Å². The molecular weight excluding hydrogens is 743 g/mol. The van der Waals surface area contributed by atoms with E-state index in [1.165, 1.54) is 136 Å². The molecule has 4 fully saturated rings. The van der Waals surface area contributed by atoms with Gasteiger partial charge >= 0.3 is 326 Å². The number of rotatable bonds is 10. The average Bonchev–Trinajstić information content (AvgIpc) is 3.87. The SMILES string of the molecule is CCCc1ccc(-c2cccc3c2C=C(C2CCCC2)[CH]3[Ti+2]2([CH]3C(C4CCCC4)=Cc4c(-c5ccc(CCC)cc5)cccc43)[CH]3CCCC[CH]32)cc1.[Cl-].[Cl-]. The van der Waals surface area contributed by atoms with E-state index >= 15 is 0 Å². The molecule has 1 heterocycles. The van der Waals surface area contributed by atoms with Gasteiger partial charge in [0, 0.05) is 0 Å². The summed E-state index contributed by atoms with van der Waals surface area (Å²) in [5.74, 6) is 1.56. The first-order valence-electron chi connectivity index (χ1n) is 22.1. The van der Waals surface area contributed by atoms with E-state index in [1.807, 2.05) is 11.1 Å². The molecule has 6 aliphatic rings. The third kappa shape index (κ3) is 6.62. The summed E-state index contributed by atoms with van der Waals surface area (Å²) in [6.45, 7) is 4.59. The summed E-state index contributed by atoms with van der Waals surface area (Å²) >= 11 is -2.76. The third-order valence-corrected chi connectivity index (χ3v) is 26.1. The van der Waals surface area contributed by atoms with Crippen LogP contribution in [0, 0.1) is 11.8 Å². The van der Waals surface area contributed by atoms with E-state index in [2.05, 4.69) is 111 Å². The average molecular weight is 804 g/mol. The molecule has 4 atom stereocenters. The van der Waals surface area contributed by atoms with Crippen LogP contribution in [0.1, 0.15) is 146 Å². The molecular formula is C52H60Cl2Ti. The maximum absolute atomic E-state index is 2.84. The molecule has 4 aromatic rings. The topological polar surface area (TPSA) is 0 Å². The van der Waals surface area contributed by atoms with Crippen LogP contribution in [0.15, 0.2) is 96.1 Å². The van der Waals surface area contributed by atoms with Crippen molar-refractivity contribution in [1.82, 2.24) is 0 Å². The molecule has 10 rings (SSSR count). The Bertz CT molecular complexity index is 1890. The van der Waals surface area contributed by atoms with Crippen molar-refractivity contribution in [1.29, 1.82) is 0 Å². The van der Waals surface area contributed by atoms with Crippen molar-refractivity contribution in [3.8, 4) is 22.3 Å². The first kappa shape index (κ1) is 39.5. The van der Waals surface area contributed by atoms with Gasteiger partial charge in [0.15, 0.2) is 0 Å². The Labute approximate surface area is 348 Å². The van der Waals surface area contributed by atoms with Gasteiger partial charge in [0.2, 0.25) is 0 Å². The molecule has 4 aromatic carbocycles. The first-order valence-corrected chi connectivity index (χ1v) is 25.7. The molecule has 1 saturated heterocycles. The van der Waals surface area contributed by atoms with E-state index < -0.39 is 16.6 Å². The monoisotopic (exact) mass is 802 g/mol. The molecule has 5 aliphatic carbocycles. The van der Waals surface area contributed by atoms with Crippen LogP contribution in [-0.4, -0.2) is 0 Å². The van der Waals surface area contributed by atoms with Crippen LogP contribution >= 0.6 is 0 Å². The van der Waals surface area contributed by atoms with Crippen LogP contribution in [-0.2, 0) is 29.4 Å². The van der Waals surface area contributed by atoms with Crippen LogP contribution in [0.25, 0.3) is 34.4 Å². The molecule has 4 unspecified atom stereocenters. The normalized spacial score (nSPS) is 25.6. The molecule has 286 valence electrons. The minimum Gasteiger partial charge on any atom is -1.00 e. The second-order valence-electron chi connectivity index (χ2n) is 18.1. The smallest absolute Gasteiger partial charge is 1.00 e. The molecule has 0 spiro atoms. The van der Waals surface area contributed by atoms with Crippen molar-refractivity contribution in [3.63, 3.8) is 0 Å². The van der Waals surface area contributed by atoms with E-state index in [0.717, 1.165) is 28.7 Å². The Morgan fingerprint density at radius 1 is 0.473 bits per heavy atom. The number of hydrogen-bond donors (Lipinski definition) is 0. The Hall–Kier alpha value is -2.35. The molecule has 0 amide bonds. The Morgan fingerprint density at radius 3 is 1.24 bits per heavy atom. The van der Waals surface area contributed by atoms with Gasteiger partial charge in [0.25, 0.3) is 0 Å². The number of aryl methyl sites for hydroxylation is 2. The van der Waals surface area contributed by atoms with Gasteiger partial charge in [-0.15, -0.1) is 0 Å². The summed E-state index contributed by atoms with van der Waals surface area (Å²) in [7, 11) is 0. The molecule has 0 aromatic heterocycles. The van der Waals surface area contributed by atoms with Gasteiger partial charge in [-0.2, -0.15) is 0 Å². The van der Waals surface area contributed by atoms with E-state index in [-0.39, 0.29) is 24.8 Å². The largest absolute Gasteiger partial charge is 1.00 e. The molecule has 1 aliphatic heterocycles. The number of fused-ring (bicyclic) bond motifs is 3. The molecule has 3 heteroatoms. The van der Waals surface area contributed by atoms with Crippen LogP contribution in [0.2, 0.25) is 8.45 Å². The Kier molecular flexibility index (Phi) is 11.8. The molecule has 3 saturated carbocycles. The summed E-state index contributed by atoms with van der Waals surface area (Å²) in [4.78, 5) is 0. The van der Waals surface area contributed by atoms with Gasteiger partial charge in [-0.05, 0) is 0 Å². The van der Waals surface area contributed by atoms with Gasteiger partial charge in [-0.3, -0.25) is 0 Å². The van der Waals surface area contributed by atoms with E-state index in [0.29, 0.717) is 0 Å². The molecule has 0 radical (unpaired) electrons. The first-order chi connectivity index (χ1) is 26.2. The van der Waals surface area contributed by atoms with Crippen molar-refractivity contribution in [2.24, 2.45) is 11.8 Å². The fraction of sp³-hybridized carbons (Fsp3) is 0.462. The zero-order valence-corrected chi connectivity index (χ0v) is 36.3. The van der Waals surface area contributed by atoms with Gasteiger partial charge in [0.05, 0.1) is 0 Å². The maximum atomic E-state index is 2.84. The second kappa shape index (κ2) is 16.5. The van der Waals surface area contributed by atoms with Crippen molar-refractivity contribution < 1.29 is 41.4 Å². The van der Waals surface area contributed by atoms with E-state index in [9.17, 15) is 0 Å². The fourth-order valence-corrected chi connectivity index (χ4v) is 27.5. The van der Waals surface area contributed by atoms with Crippen LogP contribution in [0.4, 0.5) is 0 Å². The van der Waals surface area contributed by atoms with Crippen molar-refractivity contribution in [2.75, 3.05) is 0 Å². The van der Waals surface area contributed by atoms with Gasteiger partial charge in [0.1, 0.15) is 0 Å². The van der Waals surface area contributed by atoms with Crippen LogP contribution in [0.3, 0.4) is 0 Å². The second-order valence-corrected chi connectivity index (χ2v) is 25.4. The number of hydrogen-bond acceptors (Lipinski definition) is 0. The predicted molar refractivity (Wildman–Crippen MR) is 223 cm³/mol. The van der Waals surface area contributed by atoms with Crippen molar-refractivity contribution in [2.45, 2.75) is 133 Å². The Morgan fingerprint density at radius 2 is 0.855 bits per heavy atom. The van der Waals surface area contributed by atoms with Crippen molar-refractivity contribution >= 4 is 12.2 Å². The third-order valence-electron chi connectivity index (χ3n) is 15.4. The zero-order valence-electron chi connectivity index (χ0n) is 33.3. The summed E-state index contributed by atoms with van der Waals surface area (Å²) < 4.78 is 3.47. The standard InChI is InChI=1S/2C23H25.C6H10.2ClH.Ti/c2*1-2-6-17-11-13-19(14-12-17)22-10-5-9-20-15-21(16-23(20)22)18-7-3-4-8-18;1-2-4-6-5-3-1;;;/h2*5,9-16,18H,2-4,6-8H2,1H3;1-2H,3-6H2;2*1H;/q;;;;;+2/p-2.